The zero-order valence-corrected chi connectivity index (χ0v) is 11.0. The lowest BCUT2D eigenvalue weighted by Crippen LogP contribution is -2.46. The van der Waals surface area contributed by atoms with Gasteiger partial charge in [-0.2, -0.15) is 5.10 Å². The van der Waals surface area contributed by atoms with Crippen LogP contribution >= 0.6 is 11.3 Å². The maximum absolute atomic E-state index is 12.0. The second-order valence-electron chi connectivity index (χ2n) is 4.51. The van der Waals surface area contributed by atoms with E-state index in [1.54, 1.807) is 6.20 Å². The summed E-state index contributed by atoms with van der Waals surface area (Å²) in [6.45, 7) is 3.76. The van der Waals surface area contributed by atoms with Gasteiger partial charge in [0.2, 0.25) is 5.91 Å². The lowest BCUT2D eigenvalue weighted by molar-refractivity contribution is -0.121. The van der Waals surface area contributed by atoms with Crippen LogP contribution in [0.15, 0.2) is 16.7 Å². The van der Waals surface area contributed by atoms with E-state index in [-0.39, 0.29) is 11.8 Å². The van der Waals surface area contributed by atoms with Crippen LogP contribution in [-0.4, -0.2) is 22.5 Å². The molecule has 0 saturated carbocycles. The van der Waals surface area contributed by atoms with Crippen molar-refractivity contribution in [3.05, 3.63) is 16.6 Å². The fraction of sp³-hybridized carbons (Fsp3) is 0.455. The van der Waals surface area contributed by atoms with Gasteiger partial charge in [0.15, 0.2) is 0 Å². The van der Waals surface area contributed by atoms with Gasteiger partial charge in [0.25, 0.3) is 5.91 Å². The Hall–Kier alpha value is -1.76. The smallest absolute Gasteiger partial charge is 0.268 e. The fourth-order valence-corrected chi connectivity index (χ4v) is 2.30. The van der Waals surface area contributed by atoms with Crippen LogP contribution < -0.4 is 10.7 Å². The van der Waals surface area contributed by atoms with E-state index in [1.165, 1.54) is 11.3 Å². The lowest BCUT2D eigenvalue weighted by Gasteiger charge is -2.24. The number of nitrogens with one attached hydrogen (secondary N) is 2. The molecule has 1 aromatic rings. The van der Waals surface area contributed by atoms with E-state index in [0.717, 1.165) is 5.01 Å². The molecule has 0 aliphatic carbocycles. The van der Waals surface area contributed by atoms with E-state index in [2.05, 4.69) is 20.8 Å². The van der Waals surface area contributed by atoms with Gasteiger partial charge >= 0.3 is 0 Å². The summed E-state index contributed by atoms with van der Waals surface area (Å²) in [7, 11) is 0. The predicted molar refractivity (Wildman–Crippen MR) is 68.1 cm³/mol. The summed E-state index contributed by atoms with van der Waals surface area (Å²) in [5, 5.41) is 9.33. The van der Waals surface area contributed by atoms with E-state index in [0.29, 0.717) is 18.6 Å². The van der Waals surface area contributed by atoms with Gasteiger partial charge in [0, 0.05) is 24.4 Å². The zero-order valence-electron chi connectivity index (χ0n) is 10.2. The number of carbonyl (C=O) groups is 2. The number of hydrogen-bond acceptors (Lipinski definition) is 5. The van der Waals surface area contributed by atoms with E-state index in [1.807, 2.05) is 19.2 Å². The zero-order chi connectivity index (χ0) is 13.2. The van der Waals surface area contributed by atoms with E-state index in [9.17, 15) is 9.59 Å². The average molecular weight is 266 g/mol. The number of nitrogens with zero attached hydrogens (tertiary/aromatic N) is 2. The van der Waals surface area contributed by atoms with Crippen LogP contribution in [0.3, 0.4) is 0 Å². The highest BCUT2D eigenvalue weighted by Crippen LogP contribution is 2.22. The minimum absolute atomic E-state index is 0.161. The van der Waals surface area contributed by atoms with Crippen LogP contribution in [0.2, 0.25) is 0 Å². The average Bonchev–Trinajstić information content (AvgIpc) is 2.83. The second kappa shape index (κ2) is 4.85. The first-order chi connectivity index (χ1) is 8.49. The molecule has 6 nitrogen and oxygen atoms in total. The van der Waals surface area contributed by atoms with E-state index in [4.69, 9.17) is 0 Å². The van der Waals surface area contributed by atoms with Crippen molar-refractivity contribution in [3.8, 4) is 0 Å². The van der Waals surface area contributed by atoms with Gasteiger partial charge in [-0.05, 0) is 13.8 Å². The molecular formula is C11H14N4O2S. The Balaban J connectivity index is 2.05. The van der Waals surface area contributed by atoms with Gasteiger partial charge in [-0.3, -0.25) is 9.59 Å². The minimum atomic E-state index is -0.546. The molecule has 2 rings (SSSR count). The van der Waals surface area contributed by atoms with Crippen molar-refractivity contribution in [2.45, 2.75) is 32.2 Å². The molecule has 2 N–H and O–H groups in total. The Morgan fingerprint density at radius 2 is 2.28 bits per heavy atom. The highest BCUT2D eigenvalue weighted by Gasteiger charge is 2.28. The summed E-state index contributed by atoms with van der Waals surface area (Å²) in [6, 6.07) is 0. The molecule has 1 aliphatic heterocycles. The molecule has 2 amide bonds. The quantitative estimate of drug-likeness (QED) is 0.847. The van der Waals surface area contributed by atoms with Crippen molar-refractivity contribution in [2.75, 3.05) is 0 Å². The number of aromatic nitrogens is 1. The third kappa shape index (κ3) is 2.73. The predicted octanol–water partition coefficient (Wildman–Crippen LogP) is 0.760. The summed E-state index contributed by atoms with van der Waals surface area (Å²) < 4.78 is 0. The Labute approximate surface area is 108 Å². The molecule has 7 heteroatoms. The normalized spacial score (nSPS) is 15.9. The molecule has 1 aliphatic rings. The molecule has 0 atom stereocenters. The number of hydrazone groups is 1. The van der Waals surface area contributed by atoms with Crippen LogP contribution in [0.5, 0.6) is 0 Å². The van der Waals surface area contributed by atoms with E-state index < -0.39 is 5.54 Å². The van der Waals surface area contributed by atoms with Gasteiger partial charge in [0.05, 0.1) is 5.54 Å². The molecule has 0 spiro atoms. The standard InChI is InChI=1S/C11H14N4O2S/c1-11(2,10-12-5-6-18-10)13-9(17)7-3-4-8(16)15-14-7/h5-6H,3-4H2,1-2H3,(H,13,17)(H,15,16). The van der Waals surface area contributed by atoms with E-state index >= 15 is 0 Å². The third-order valence-electron chi connectivity index (χ3n) is 2.56. The van der Waals surface area contributed by atoms with Crippen molar-refractivity contribution in [1.82, 2.24) is 15.7 Å². The number of rotatable bonds is 3. The first-order valence-corrected chi connectivity index (χ1v) is 6.45. The molecule has 0 unspecified atom stereocenters. The molecule has 2 heterocycles. The maximum Gasteiger partial charge on any atom is 0.268 e. The molecule has 0 saturated heterocycles. The summed E-state index contributed by atoms with van der Waals surface area (Å²) in [6.07, 6.45) is 2.36. The molecule has 18 heavy (non-hydrogen) atoms. The Morgan fingerprint density at radius 1 is 1.50 bits per heavy atom. The van der Waals surface area contributed by atoms with Gasteiger partial charge in [0.1, 0.15) is 10.7 Å². The number of carbonyl (C=O) groups excluding carboxylic acids is 2. The van der Waals surface area contributed by atoms with Gasteiger partial charge in [-0.15, -0.1) is 11.3 Å². The SMILES string of the molecule is CC(C)(NC(=O)C1=NNC(=O)CC1)c1nccs1. The first-order valence-electron chi connectivity index (χ1n) is 5.57. The largest absolute Gasteiger partial charge is 0.340 e. The second-order valence-corrected chi connectivity index (χ2v) is 5.40. The highest BCUT2D eigenvalue weighted by atomic mass is 32.1. The molecular weight excluding hydrogens is 252 g/mol. The number of amides is 2. The Bertz CT molecular complexity index is 493. The summed E-state index contributed by atoms with van der Waals surface area (Å²) in [5.74, 6) is -0.430. The first kappa shape index (κ1) is 12.7. The molecule has 0 bridgehead atoms. The molecule has 0 aromatic carbocycles. The lowest BCUT2D eigenvalue weighted by atomic mass is 10.1. The van der Waals surface area contributed by atoms with Crippen LogP contribution in [0.4, 0.5) is 0 Å². The van der Waals surface area contributed by atoms with Gasteiger partial charge in [-0.1, -0.05) is 0 Å². The van der Waals surface area contributed by atoms with Crippen LogP contribution in [0.25, 0.3) is 0 Å². The van der Waals surface area contributed by atoms with Crippen molar-refractivity contribution < 1.29 is 9.59 Å². The monoisotopic (exact) mass is 266 g/mol. The van der Waals surface area contributed by atoms with Crippen LogP contribution in [0, 0.1) is 0 Å². The Kier molecular flexibility index (Phi) is 3.42. The van der Waals surface area contributed by atoms with Gasteiger partial charge in [-0.25, -0.2) is 10.4 Å². The summed E-state index contributed by atoms with van der Waals surface area (Å²) in [5.41, 5.74) is 2.11. The topological polar surface area (TPSA) is 83.5 Å². The van der Waals surface area contributed by atoms with Crippen molar-refractivity contribution in [2.24, 2.45) is 5.10 Å². The van der Waals surface area contributed by atoms with Crippen LogP contribution in [-0.2, 0) is 15.1 Å². The van der Waals surface area contributed by atoms with Crippen molar-refractivity contribution >= 4 is 28.9 Å². The maximum atomic E-state index is 12.0. The Morgan fingerprint density at radius 3 is 2.83 bits per heavy atom. The molecule has 1 aromatic heterocycles. The number of hydrogen-bond donors (Lipinski definition) is 2. The van der Waals surface area contributed by atoms with Crippen LogP contribution in [0.1, 0.15) is 31.7 Å². The highest BCUT2D eigenvalue weighted by molar-refractivity contribution is 7.09. The van der Waals surface area contributed by atoms with Crippen molar-refractivity contribution in [1.29, 1.82) is 0 Å². The minimum Gasteiger partial charge on any atom is -0.340 e. The summed E-state index contributed by atoms with van der Waals surface area (Å²) >= 11 is 1.48. The fourth-order valence-electron chi connectivity index (χ4n) is 1.58. The van der Waals surface area contributed by atoms with Crippen molar-refractivity contribution in [3.63, 3.8) is 0 Å². The number of thiazole rings is 1. The third-order valence-corrected chi connectivity index (χ3v) is 3.66. The molecule has 0 radical (unpaired) electrons. The molecule has 0 fully saturated rings. The summed E-state index contributed by atoms with van der Waals surface area (Å²) in [4.78, 5) is 27.1. The molecule has 96 valence electrons. The van der Waals surface area contributed by atoms with Gasteiger partial charge < -0.3 is 5.32 Å².